The lowest BCUT2D eigenvalue weighted by atomic mass is 9.87. The highest BCUT2D eigenvalue weighted by Crippen LogP contribution is 2.38. The molecule has 0 aromatic carbocycles. The average Bonchev–Trinajstić information content (AvgIpc) is 2.50. The standard InChI is InChI=1S/C13H20N2/c1-10-6-5-9-14-12(10)15-11-7-4-8-13(11,2)3/h5-6,9,11H,4,7-8H2,1-3H3,(H,14,15). The molecule has 1 saturated carbocycles. The lowest BCUT2D eigenvalue weighted by Crippen LogP contribution is -2.31. The predicted molar refractivity (Wildman–Crippen MR) is 64.0 cm³/mol. The summed E-state index contributed by atoms with van der Waals surface area (Å²) in [6.45, 7) is 6.79. The van der Waals surface area contributed by atoms with Crippen LogP contribution in [0.25, 0.3) is 0 Å². The van der Waals surface area contributed by atoms with Gasteiger partial charge in [0, 0.05) is 12.2 Å². The summed E-state index contributed by atoms with van der Waals surface area (Å²) in [5.74, 6) is 1.05. The number of nitrogens with one attached hydrogen (secondary N) is 1. The lowest BCUT2D eigenvalue weighted by Gasteiger charge is -2.28. The van der Waals surface area contributed by atoms with Crippen molar-refractivity contribution in [3.63, 3.8) is 0 Å². The predicted octanol–water partition coefficient (Wildman–Crippen LogP) is 3.38. The van der Waals surface area contributed by atoms with Crippen LogP contribution in [0.2, 0.25) is 0 Å². The maximum atomic E-state index is 4.40. The topological polar surface area (TPSA) is 24.9 Å². The summed E-state index contributed by atoms with van der Waals surface area (Å²) >= 11 is 0. The van der Waals surface area contributed by atoms with Crippen LogP contribution < -0.4 is 5.32 Å². The first-order chi connectivity index (χ1) is 7.09. The molecular formula is C13H20N2. The third-order valence-electron chi connectivity index (χ3n) is 3.58. The minimum absolute atomic E-state index is 0.407. The lowest BCUT2D eigenvalue weighted by molar-refractivity contribution is 0.349. The van der Waals surface area contributed by atoms with Crippen molar-refractivity contribution in [1.29, 1.82) is 0 Å². The van der Waals surface area contributed by atoms with Crippen LogP contribution in [0.5, 0.6) is 0 Å². The molecule has 1 aliphatic rings. The summed E-state index contributed by atoms with van der Waals surface area (Å²) in [5, 5.41) is 3.59. The molecule has 2 nitrogen and oxygen atoms in total. The molecule has 1 heterocycles. The van der Waals surface area contributed by atoms with E-state index in [2.05, 4.69) is 37.1 Å². The molecule has 0 bridgehead atoms. The number of nitrogens with zero attached hydrogens (tertiary/aromatic N) is 1. The van der Waals surface area contributed by atoms with E-state index in [-0.39, 0.29) is 0 Å². The first-order valence-corrected chi connectivity index (χ1v) is 5.78. The van der Waals surface area contributed by atoms with Crippen LogP contribution in [-0.2, 0) is 0 Å². The molecule has 0 saturated heterocycles. The van der Waals surface area contributed by atoms with Crippen LogP contribution in [0.15, 0.2) is 18.3 Å². The quantitative estimate of drug-likeness (QED) is 0.798. The van der Waals surface area contributed by atoms with Crippen LogP contribution in [0.3, 0.4) is 0 Å². The Morgan fingerprint density at radius 2 is 2.27 bits per heavy atom. The molecule has 0 amide bonds. The van der Waals surface area contributed by atoms with Crippen molar-refractivity contribution in [2.45, 2.75) is 46.1 Å². The Labute approximate surface area is 92.1 Å². The number of anilines is 1. The monoisotopic (exact) mass is 204 g/mol. The molecule has 1 aromatic heterocycles. The molecule has 82 valence electrons. The van der Waals surface area contributed by atoms with Gasteiger partial charge < -0.3 is 5.32 Å². The zero-order valence-corrected chi connectivity index (χ0v) is 9.88. The first-order valence-electron chi connectivity index (χ1n) is 5.78. The Bertz CT molecular complexity index is 344. The zero-order chi connectivity index (χ0) is 10.9. The molecule has 1 aromatic rings. The smallest absolute Gasteiger partial charge is 0.129 e. The van der Waals surface area contributed by atoms with Gasteiger partial charge in [0.2, 0.25) is 0 Å². The number of rotatable bonds is 2. The summed E-state index contributed by atoms with van der Waals surface area (Å²) in [4.78, 5) is 4.40. The summed E-state index contributed by atoms with van der Waals surface area (Å²) in [6, 6.07) is 4.67. The number of hydrogen-bond donors (Lipinski definition) is 1. The molecule has 2 heteroatoms. The second-order valence-corrected chi connectivity index (χ2v) is 5.25. The molecule has 0 spiro atoms. The largest absolute Gasteiger partial charge is 0.367 e. The third kappa shape index (κ3) is 2.14. The van der Waals surface area contributed by atoms with Gasteiger partial charge in [0.1, 0.15) is 5.82 Å². The molecule has 2 rings (SSSR count). The fourth-order valence-corrected chi connectivity index (χ4v) is 2.40. The molecular weight excluding hydrogens is 184 g/mol. The maximum Gasteiger partial charge on any atom is 0.129 e. The van der Waals surface area contributed by atoms with Crippen molar-refractivity contribution >= 4 is 5.82 Å². The number of aryl methyl sites for hydroxylation is 1. The van der Waals surface area contributed by atoms with E-state index in [1.807, 2.05) is 12.3 Å². The van der Waals surface area contributed by atoms with Gasteiger partial charge >= 0.3 is 0 Å². The van der Waals surface area contributed by atoms with E-state index in [9.17, 15) is 0 Å². The Morgan fingerprint density at radius 1 is 1.47 bits per heavy atom. The summed E-state index contributed by atoms with van der Waals surface area (Å²) in [6.07, 6.45) is 5.77. The molecule has 1 N–H and O–H groups in total. The van der Waals surface area contributed by atoms with Crippen molar-refractivity contribution in [3.8, 4) is 0 Å². The fourth-order valence-electron chi connectivity index (χ4n) is 2.40. The highest BCUT2D eigenvalue weighted by Gasteiger charge is 2.34. The van der Waals surface area contributed by atoms with Crippen LogP contribution in [0.4, 0.5) is 5.82 Å². The highest BCUT2D eigenvalue weighted by molar-refractivity contribution is 5.44. The van der Waals surface area contributed by atoms with Crippen molar-refractivity contribution in [3.05, 3.63) is 23.9 Å². The van der Waals surface area contributed by atoms with E-state index in [1.54, 1.807) is 0 Å². The van der Waals surface area contributed by atoms with Gasteiger partial charge in [-0.2, -0.15) is 0 Å². The molecule has 0 aliphatic heterocycles. The molecule has 15 heavy (non-hydrogen) atoms. The zero-order valence-electron chi connectivity index (χ0n) is 9.88. The van der Waals surface area contributed by atoms with Crippen molar-refractivity contribution in [2.75, 3.05) is 5.32 Å². The van der Waals surface area contributed by atoms with Crippen LogP contribution >= 0.6 is 0 Å². The Kier molecular flexibility index (Phi) is 2.68. The Morgan fingerprint density at radius 3 is 2.87 bits per heavy atom. The molecule has 1 aliphatic carbocycles. The molecule has 1 unspecified atom stereocenters. The van der Waals surface area contributed by atoms with Crippen LogP contribution in [0, 0.1) is 12.3 Å². The van der Waals surface area contributed by atoms with E-state index in [0.717, 1.165) is 5.82 Å². The van der Waals surface area contributed by atoms with Gasteiger partial charge in [-0.3, -0.25) is 0 Å². The minimum Gasteiger partial charge on any atom is -0.367 e. The van der Waals surface area contributed by atoms with E-state index in [1.165, 1.54) is 24.8 Å². The normalized spacial score (nSPS) is 24.1. The van der Waals surface area contributed by atoms with E-state index < -0.39 is 0 Å². The summed E-state index contributed by atoms with van der Waals surface area (Å²) in [7, 11) is 0. The van der Waals surface area contributed by atoms with Gasteiger partial charge in [-0.15, -0.1) is 0 Å². The molecule has 1 fully saturated rings. The SMILES string of the molecule is Cc1cccnc1NC1CCCC1(C)C. The van der Waals surface area contributed by atoms with Gasteiger partial charge in [-0.25, -0.2) is 4.98 Å². The summed E-state index contributed by atoms with van der Waals surface area (Å²) < 4.78 is 0. The van der Waals surface area contributed by atoms with Crippen molar-refractivity contribution in [1.82, 2.24) is 4.98 Å². The highest BCUT2D eigenvalue weighted by atomic mass is 15.0. The second kappa shape index (κ2) is 3.84. The van der Waals surface area contributed by atoms with Gasteiger partial charge in [-0.05, 0) is 36.8 Å². The number of hydrogen-bond acceptors (Lipinski definition) is 2. The van der Waals surface area contributed by atoms with Crippen LogP contribution in [-0.4, -0.2) is 11.0 Å². The first kappa shape index (κ1) is 10.5. The maximum absolute atomic E-state index is 4.40. The van der Waals surface area contributed by atoms with Gasteiger partial charge in [0.05, 0.1) is 0 Å². The van der Waals surface area contributed by atoms with Crippen molar-refractivity contribution in [2.24, 2.45) is 5.41 Å². The van der Waals surface area contributed by atoms with Gasteiger partial charge in [0.15, 0.2) is 0 Å². The third-order valence-corrected chi connectivity index (χ3v) is 3.58. The van der Waals surface area contributed by atoms with Crippen LogP contribution in [0.1, 0.15) is 38.7 Å². The molecule has 1 atom stereocenters. The van der Waals surface area contributed by atoms with Gasteiger partial charge in [0.25, 0.3) is 0 Å². The molecule has 0 radical (unpaired) electrons. The number of aromatic nitrogens is 1. The van der Waals surface area contributed by atoms with Gasteiger partial charge in [-0.1, -0.05) is 26.3 Å². The fraction of sp³-hybridized carbons (Fsp3) is 0.615. The van der Waals surface area contributed by atoms with E-state index >= 15 is 0 Å². The van der Waals surface area contributed by atoms with E-state index in [4.69, 9.17) is 0 Å². The van der Waals surface area contributed by atoms with E-state index in [0.29, 0.717) is 11.5 Å². The second-order valence-electron chi connectivity index (χ2n) is 5.25. The number of pyridine rings is 1. The Hall–Kier alpha value is -1.05. The Balaban J connectivity index is 2.12. The summed E-state index contributed by atoms with van der Waals surface area (Å²) in [5.41, 5.74) is 1.64. The minimum atomic E-state index is 0.407. The average molecular weight is 204 g/mol. The van der Waals surface area contributed by atoms with Crippen molar-refractivity contribution < 1.29 is 0 Å².